The summed E-state index contributed by atoms with van der Waals surface area (Å²) in [4.78, 5) is 3.60. The fourth-order valence-corrected chi connectivity index (χ4v) is 5.58. The van der Waals surface area contributed by atoms with Crippen LogP contribution in [0.5, 0.6) is 5.75 Å². The van der Waals surface area contributed by atoms with Crippen molar-refractivity contribution in [2.45, 2.75) is 37.1 Å². The molecule has 3 aromatic carbocycles. The number of hydrogen-bond donors (Lipinski definition) is 0. The molecule has 0 spiro atoms. The Bertz CT molecular complexity index is 1060. The van der Waals surface area contributed by atoms with E-state index in [4.69, 9.17) is 39.5 Å². The smallest absolute Gasteiger partial charge is 0.124 e. The average Bonchev–Trinajstić information content (AvgIpc) is 2.86. The van der Waals surface area contributed by atoms with Gasteiger partial charge in [-0.15, -0.1) is 0 Å². The molecule has 0 aromatic heterocycles. The van der Waals surface area contributed by atoms with Crippen LogP contribution in [0.25, 0.3) is 0 Å². The molecule has 1 heterocycles. The van der Waals surface area contributed by atoms with Gasteiger partial charge in [0, 0.05) is 27.0 Å². The molecule has 1 aliphatic heterocycles. The fourth-order valence-electron chi connectivity index (χ4n) is 4.05. The van der Waals surface area contributed by atoms with E-state index >= 15 is 0 Å². The van der Waals surface area contributed by atoms with Crippen molar-refractivity contribution >= 4 is 52.4 Å². The van der Waals surface area contributed by atoms with Gasteiger partial charge in [-0.2, -0.15) is 0 Å². The molecular weight excluding hydrogens is 507 g/mol. The number of hydrogen-bond acceptors (Lipinski definition) is 4. The van der Waals surface area contributed by atoms with Gasteiger partial charge in [0.25, 0.3) is 0 Å². The van der Waals surface area contributed by atoms with Crippen LogP contribution in [0.2, 0.25) is 15.1 Å². The Morgan fingerprint density at radius 1 is 0.853 bits per heavy atom. The van der Waals surface area contributed by atoms with Crippen LogP contribution in [0.4, 0.5) is 5.69 Å². The van der Waals surface area contributed by atoms with Crippen LogP contribution in [-0.2, 0) is 6.54 Å². The Hall–Kier alpha value is -1.56. The van der Waals surface area contributed by atoms with Crippen LogP contribution >= 0.6 is 46.8 Å². The summed E-state index contributed by atoms with van der Waals surface area (Å²) in [7, 11) is 0. The van der Waals surface area contributed by atoms with E-state index in [1.807, 2.05) is 54.6 Å². The molecule has 0 amide bonds. The van der Waals surface area contributed by atoms with E-state index < -0.39 is 0 Å². The molecule has 1 aliphatic rings. The Balaban J connectivity index is 1.48. The highest BCUT2D eigenvalue weighted by molar-refractivity contribution is 8.00. The van der Waals surface area contributed by atoms with E-state index in [9.17, 15) is 0 Å². The van der Waals surface area contributed by atoms with Crippen molar-refractivity contribution in [1.82, 2.24) is 4.90 Å². The van der Waals surface area contributed by atoms with Gasteiger partial charge in [-0.1, -0.05) is 59.4 Å². The van der Waals surface area contributed by atoms with Crippen LogP contribution in [0.15, 0.2) is 71.6 Å². The fraction of sp³-hybridized carbons (Fsp3) is 0.333. The zero-order valence-corrected chi connectivity index (χ0v) is 22.1. The minimum absolute atomic E-state index is 0.607. The quantitative estimate of drug-likeness (QED) is 0.191. The monoisotopic (exact) mass is 534 g/mol. The minimum atomic E-state index is 0.607. The van der Waals surface area contributed by atoms with Gasteiger partial charge in [-0.3, -0.25) is 0 Å². The number of piperidine rings is 1. The summed E-state index contributed by atoms with van der Waals surface area (Å²) in [5.74, 6) is 0.904. The summed E-state index contributed by atoms with van der Waals surface area (Å²) >= 11 is 20.6. The maximum atomic E-state index is 6.59. The van der Waals surface area contributed by atoms with Crippen molar-refractivity contribution < 1.29 is 4.74 Å². The normalized spacial score (nSPS) is 14.2. The van der Waals surface area contributed by atoms with Gasteiger partial charge >= 0.3 is 0 Å². The maximum Gasteiger partial charge on any atom is 0.124 e. The third-order valence-electron chi connectivity index (χ3n) is 5.82. The summed E-state index contributed by atoms with van der Waals surface area (Å²) in [5.41, 5.74) is 1.95. The molecule has 1 fully saturated rings. The molecule has 180 valence electrons. The molecule has 0 N–H and O–H groups in total. The number of likely N-dealkylation sites (tertiary alicyclic amines) is 1. The molecule has 0 aliphatic carbocycles. The number of rotatable bonds is 10. The van der Waals surface area contributed by atoms with E-state index in [-0.39, 0.29) is 0 Å². The molecule has 0 bridgehead atoms. The number of anilines is 1. The second-order valence-electron chi connectivity index (χ2n) is 8.39. The van der Waals surface area contributed by atoms with E-state index in [1.165, 1.54) is 32.4 Å². The molecule has 1 saturated heterocycles. The average molecular weight is 536 g/mol. The van der Waals surface area contributed by atoms with Crippen molar-refractivity contribution in [2.75, 3.05) is 30.5 Å². The summed E-state index contributed by atoms with van der Waals surface area (Å²) in [6, 6.07) is 21.5. The second-order valence-corrected chi connectivity index (χ2v) is 10.8. The lowest BCUT2D eigenvalue weighted by Gasteiger charge is -2.27. The number of halogens is 3. The van der Waals surface area contributed by atoms with Gasteiger partial charge in [0.05, 0.1) is 23.9 Å². The molecule has 3 nitrogen and oxygen atoms in total. The lowest BCUT2D eigenvalue weighted by atomic mass is 10.1. The number of nitrogens with zero attached hydrogens (tertiary/aromatic N) is 2. The first-order chi connectivity index (χ1) is 16.6. The highest BCUT2D eigenvalue weighted by atomic mass is 35.5. The number of ether oxygens (including phenoxy) is 1. The highest BCUT2D eigenvalue weighted by Gasteiger charge is 2.17. The summed E-state index contributed by atoms with van der Waals surface area (Å²) in [6.45, 7) is 4.84. The van der Waals surface area contributed by atoms with Crippen LogP contribution in [-0.4, -0.2) is 31.1 Å². The Morgan fingerprint density at radius 2 is 1.59 bits per heavy atom. The van der Waals surface area contributed by atoms with Gasteiger partial charge in [0.2, 0.25) is 0 Å². The van der Waals surface area contributed by atoms with E-state index in [0.29, 0.717) is 28.2 Å². The van der Waals surface area contributed by atoms with E-state index in [1.54, 1.807) is 18.0 Å². The number of benzene rings is 3. The molecule has 4 rings (SSSR count). The first-order valence-electron chi connectivity index (χ1n) is 11.7. The summed E-state index contributed by atoms with van der Waals surface area (Å²) in [6.07, 6.45) is 5.02. The largest absolute Gasteiger partial charge is 0.493 e. The minimum Gasteiger partial charge on any atom is -0.493 e. The number of para-hydroxylation sites is 1. The standard InChI is InChI=1S/C27H29Cl3N2OS/c28-22-9-12-24(13-10-22)34-32(26-19-23(29)11-14-25(26)30)20-21-7-2-3-8-27(21)33-18-6-17-31-15-4-1-5-16-31/h2-3,7-14,19H,1,4-6,15-18,20H2. The molecule has 0 atom stereocenters. The maximum absolute atomic E-state index is 6.59. The summed E-state index contributed by atoms with van der Waals surface area (Å²) in [5, 5.41) is 1.99. The molecular formula is C27H29Cl3N2OS. The second kappa shape index (κ2) is 12.9. The predicted octanol–water partition coefficient (Wildman–Crippen LogP) is 8.62. The van der Waals surface area contributed by atoms with Crippen molar-refractivity contribution in [2.24, 2.45) is 0 Å². The van der Waals surface area contributed by atoms with Crippen LogP contribution in [0.1, 0.15) is 31.2 Å². The topological polar surface area (TPSA) is 15.7 Å². The zero-order valence-electron chi connectivity index (χ0n) is 19.1. The van der Waals surface area contributed by atoms with Crippen molar-refractivity contribution in [3.8, 4) is 5.75 Å². The summed E-state index contributed by atoms with van der Waals surface area (Å²) < 4.78 is 8.39. The SMILES string of the molecule is Clc1ccc(SN(Cc2ccccc2OCCCN2CCCCC2)c2cc(Cl)ccc2Cl)cc1. The molecule has 7 heteroatoms. The van der Waals surface area contributed by atoms with Crippen molar-refractivity contribution in [1.29, 1.82) is 0 Å². The Morgan fingerprint density at radius 3 is 2.38 bits per heavy atom. The van der Waals surface area contributed by atoms with Crippen LogP contribution < -0.4 is 9.04 Å². The van der Waals surface area contributed by atoms with Crippen LogP contribution in [0, 0.1) is 0 Å². The highest BCUT2D eigenvalue weighted by Crippen LogP contribution is 2.38. The molecule has 0 saturated carbocycles. The first kappa shape index (κ1) is 25.5. The van der Waals surface area contributed by atoms with Crippen molar-refractivity contribution in [3.05, 3.63) is 87.4 Å². The van der Waals surface area contributed by atoms with Gasteiger partial charge < -0.3 is 13.9 Å². The molecule has 0 radical (unpaired) electrons. The molecule has 3 aromatic rings. The lowest BCUT2D eigenvalue weighted by molar-refractivity contribution is 0.204. The Labute approximate surface area is 222 Å². The third kappa shape index (κ3) is 7.47. The lowest BCUT2D eigenvalue weighted by Crippen LogP contribution is -2.31. The zero-order chi connectivity index (χ0) is 23.8. The van der Waals surface area contributed by atoms with Gasteiger partial charge in [0.15, 0.2) is 0 Å². The van der Waals surface area contributed by atoms with Gasteiger partial charge in [-0.25, -0.2) is 0 Å². The molecule has 34 heavy (non-hydrogen) atoms. The van der Waals surface area contributed by atoms with E-state index in [0.717, 1.165) is 34.9 Å². The van der Waals surface area contributed by atoms with Gasteiger partial charge in [-0.05, 0) is 92.8 Å². The van der Waals surface area contributed by atoms with E-state index in [2.05, 4.69) is 15.3 Å². The van der Waals surface area contributed by atoms with Crippen LogP contribution in [0.3, 0.4) is 0 Å². The van der Waals surface area contributed by atoms with Gasteiger partial charge in [0.1, 0.15) is 5.75 Å². The molecule has 0 unspecified atom stereocenters. The Kier molecular flexibility index (Phi) is 9.72. The first-order valence-corrected chi connectivity index (χ1v) is 13.6. The predicted molar refractivity (Wildman–Crippen MR) is 147 cm³/mol. The van der Waals surface area contributed by atoms with Crippen molar-refractivity contribution in [3.63, 3.8) is 0 Å². The third-order valence-corrected chi connectivity index (χ3v) is 7.65.